The third-order valence-corrected chi connectivity index (χ3v) is 4.95. The van der Waals surface area contributed by atoms with Crippen molar-refractivity contribution < 1.29 is 8.42 Å². The van der Waals surface area contributed by atoms with Crippen LogP contribution in [0.15, 0.2) is 52.3 Å². The fourth-order valence-corrected chi connectivity index (χ4v) is 3.34. The first-order valence-corrected chi connectivity index (χ1v) is 7.42. The zero-order valence-electron chi connectivity index (χ0n) is 9.52. The number of halogens is 2. The molecule has 0 aliphatic rings. The quantitative estimate of drug-likeness (QED) is 0.835. The van der Waals surface area contributed by atoms with Crippen molar-refractivity contribution in [1.82, 2.24) is 0 Å². The van der Waals surface area contributed by atoms with Crippen LogP contribution in [0.2, 0.25) is 10.0 Å². The highest BCUT2D eigenvalue weighted by atomic mass is 35.5. The molecule has 0 heterocycles. The molecule has 0 aliphatic heterocycles. The first-order valence-electron chi connectivity index (χ1n) is 5.18. The summed E-state index contributed by atoms with van der Waals surface area (Å²) in [6.45, 7) is 1.82. The largest absolute Gasteiger partial charge is 0.219 e. The molecule has 94 valence electrons. The second-order valence-electron chi connectivity index (χ2n) is 3.87. The fourth-order valence-electron chi connectivity index (χ4n) is 1.51. The van der Waals surface area contributed by atoms with Crippen LogP contribution < -0.4 is 0 Å². The Balaban J connectivity index is 2.58. The Morgan fingerprint density at radius 1 is 0.944 bits per heavy atom. The van der Waals surface area contributed by atoms with Crippen LogP contribution in [-0.2, 0) is 9.84 Å². The number of rotatable bonds is 2. The highest BCUT2D eigenvalue weighted by molar-refractivity contribution is 7.91. The maximum absolute atomic E-state index is 12.3. The van der Waals surface area contributed by atoms with E-state index in [0.717, 1.165) is 5.56 Å². The molecule has 0 saturated heterocycles. The summed E-state index contributed by atoms with van der Waals surface area (Å²) in [5.41, 5.74) is 0.835. The van der Waals surface area contributed by atoms with Crippen molar-refractivity contribution in [3.63, 3.8) is 0 Å². The van der Waals surface area contributed by atoms with Gasteiger partial charge in [-0.3, -0.25) is 0 Å². The van der Waals surface area contributed by atoms with Gasteiger partial charge in [0.25, 0.3) is 0 Å². The van der Waals surface area contributed by atoms with Gasteiger partial charge in [0.1, 0.15) is 0 Å². The summed E-state index contributed by atoms with van der Waals surface area (Å²) < 4.78 is 24.7. The first kappa shape index (κ1) is 13.4. The van der Waals surface area contributed by atoms with E-state index in [1.807, 2.05) is 6.92 Å². The number of hydrogen-bond acceptors (Lipinski definition) is 2. The summed E-state index contributed by atoms with van der Waals surface area (Å²) in [6, 6.07) is 10.8. The molecule has 2 aromatic carbocycles. The van der Waals surface area contributed by atoms with Gasteiger partial charge in [-0.1, -0.05) is 35.3 Å². The van der Waals surface area contributed by atoms with Gasteiger partial charge in [-0.2, -0.15) is 0 Å². The molecule has 2 nitrogen and oxygen atoms in total. The number of aryl methyl sites for hydroxylation is 1. The van der Waals surface area contributed by atoms with Crippen molar-refractivity contribution in [2.75, 3.05) is 0 Å². The molecule has 0 atom stereocenters. The Hall–Kier alpha value is -1.03. The van der Waals surface area contributed by atoms with Gasteiger partial charge < -0.3 is 0 Å². The van der Waals surface area contributed by atoms with Gasteiger partial charge in [0.2, 0.25) is 9.84 Å². The molecule has 0 bridgehead atoms. The monoisotopic (exact) mass is 300 g/mol. The predicted molar refractivity (Wildman–Crippen MR) is 73.1 cm³/mol. The van der Waals surface area contributed by atoms with E-state index < -0.39 is 9.84 Å². The topological polar surface area (TPSA) is 34.1 Å². The van der Waals surface area contributed by atoms with E-state index in [-0.39, 0.29) is 9.79 Å². The van der Waals surface area contributed by atoms with E-state index in [9.17, 15) is 8.42 Å². The highest BCUT2D eigenvalue weighted by Gasteiger charge is 2.18. The molecular formula is C13H10Cl2O2S. The molecule has 0 N–H and O–H groups in total. The summed E-state index contributed by atoms with van der Waals surface area (Å²) in [6.07, 6.45) is 0. The summed E-state index contributed by atoms with van der Waals surface area (Å²) in [5, 5.41) is 0.812. The van der Waals surface area contributed by atoms with Crippen LogP contribution >= 0.6 is 23.2 Å². The van der Waals surface area contributed by atoms with Crippen molar-refractivity contribution in [3.8, 4) is 0 Å². The maximum Gasteiger partial charge on any atom is 0.206 e. The SMILES string of the molecule is Cc1ccc(S(=O)(=O)c2cccc(Cl)c2)cc1Cl. The van der Waals surface area contributed by atoms with Crippen molar-refractivity contribution >= 4 is 33.0 Å². The second kappa shape index (κ2) is 4.92. The van der Waals surface area contributed by atoms with Crippen LogP contribution in [-0.4, -0.2) is 8.42 Å². The number of benzene rings is 2. The van der Waals surface area contributed by atoms with E-state index >= 15 is 0 Å². The second-order valence-corrected chi connectivity index (χ2v) is 6.67. The minimum atomic E-state index is -3.57. The lowest BCUT2D eigenvalue weighted by atomic mass is 10.2. The summed E-state index contributed by atoms with van der Waals surface area (Å²) in [5.74, 6) is 0. The zero-order valence-corrected chi connectivity index (χ0v) is 11.9. The molecule has 0 aliphatic carbocycles. The van der Waals surface area contributed by atoms with Crippen molar-refractivity contribution in [2.45, 2.75) is 16.7 Å². The van der Waals surface area contributed by atoms with Crippen molar-refractivity contribution in [2.24, 2.45) is 0 Å². The van der Waals surface area contributed by atoms with E-state index in [0.29, 0.717) is 10.0 Å². The Kier molecular flexibility index (Phi) is 3.66. The number of hydrogen-bond donors (Lipinski definition) is 0. The van der Waals surface area contributed by atoms with Crippen LogP contribution in [0.1, 0.15) is 5.56 Å². The van der Waals surface area contributed by atoms with Crippen molar-refractivity contribution in [3.05, 3.63) is 58.1 Å². The minimum Gasteiger partial charge on any atom is -0.219 e. The van der Waals surface area contributed by atoms with E-state index in [1.54, 1.807) is 18.2 Å². The van der Waals surface area contributed by atoms with Crippen LogP contribution in [0.5, 0.6) is 0 Å². The van der Waals surface area contributed by atoms with Crippen LogP contribution in [0.3, 0.4) is 0 Å². The van der Waals surface area contributed by atoms with Gasteiger partial charge in [0, 0.05) is 10.0 Å². The lowest BCUT2D eigenvalue weighted by Gasteiger charge is -2.06. The molecule has 5 heteroatoms. The van der Waals surface area contributed by atoms with Gasteiger partial charge in [0.15, 0.2) is 0 Å². The fraction of sp³-hybridized carbons (Fsp3) is 0.0769. The van der Waals surface area contributed by atoms with Crippen molar-refractivity contribution in [1.29, 1.82) is 0 Å². The molecule has 0 amide bonds. The number of sulfone groups is 1. The van der Waals surface area contributed by atoms with Gasteiger partial charge in [-0.05, 0) is 42.8 Å². The third kappa shape index (κ3) is 2.53. The molecule has 18 heavy (non-hydrogen) atoms. The molecule has 0 aromatic heterocycles. The molecule has 0 saturated carbocycles. The molecule has 0 spiro atoms. The Morgan fingerprint density at radius 3 is 2.22 bits per heavy atom. The highest BCUT2D eigenvalue weighted by Crippen LogP contribution is 2.26. The van der Waals surface area contributed by atoms with Gasteiger partial charge in [-0.15, -0.1) is 0 Å². The Labute approximate surface area is 116 Å². The van der Waals surface area contributed by atoms with E-state index in [4.69, 9.17) is 23.2 Å². The smallest absolute Gasteiger partial charge is 0.206 e. The molecule has 0 radical (unpaired) electrons. The normalized spacial score (nSPS) is 11.5. The predicted octanol–water partition coefficient (Wildman–Crippen LogP) is 4.13. The minimum absolute atomic E-state index is 0.162. The van der Waals surface area contributed by atoms with Crippen LogP contribution in [0.4, 0.5) is 0 Å². The summed E-state index contributed by atoms with van der Waals surface area (Å²) in [7, 11) is -3.57. The Bertz CT molecular complexity index is 694. The molecule has 0 unspecified atom stereocenters. The maximum atomic E-state index is 12.3. The van der Waals surface area contributed by atoms with Crippen LogP contribution in [0, 0.1) is 6.92 Å². The zero-order chi connectivity index (χ0) is 13.3. The summed E-state index contributed by atoms with van der Waals surface area (Å²) in [4.78, 5) is 0.329. The van der Waals surface area contributed by atoms with Gasteiger partial charge in [0.05, 0.1) is 9.79 Å². The first-order chi connectivity index (χ1) is 8.41. The lowest BCUT2D eigenvalue weighted by Crippen LogP contribution is -2.02. The Morgan fingerprint density at radius 2 is 1.61 bits per heavy atom. The van der Waals surface area contributed by atoms with Gasteiger partial charge >= 0.3 is 0 Å². The molecule has 0 fully saturated rings. The third-order valence-electron chi connectivity index (χ3n) is 2.56. The average molecular weight is 301 g/mol. The summed E-state index contributed by atoms with van der Waals surface area (Å²) >= 11 is 11.8. The standard InChI is InChI=1S/C13H10Cl2O2S/c1-9-5-6-12(8-13(9)15)18(16,17)11-4-2-3-10(14)7-11/h2-8H,1H3. The molecule has 2 rings (SSSR count). The molecular weight excluding hydrogens is 291 g/mol. The average Bonchev–Trinajstić information content (AvgIpc) is 2.32. The lowest BCUT2D eigenvalue weighted by molar-refractivity contribution is 0.596. The van der Waals surface area contributed by atoms with E-state index in [2.05, 4.69) is 0 Å². The van der Waals surface area contributed by atoms with Crippen LogP contribution in [0.25, 0.3) is 0 Å². The molecule has 2 aromatic rings. The van der Waals surface area contributed by atoms with Gasteiger partial charge in [-0.25, -0.2) is 8.42 Å². The van der Waals surface area contributed by atoms with E-state index in [1.165, 1.54) is 24.3 Å².